The summed E-state index contributed by atoms with van der Waals surface area (Å²) in [4.78, 5) is 26.8. The Labute approximate surface area is 441 Å². The van der Waals surface area contributed by atoms with Crippen LogP contribution in [0.15, 0.2) is 158 Å². The monoisotopic (exact) mass is 1020 g/mol. The van der Waals surface area contributed by atoms with Crippen molar-refractivity contribution in [2.45, 2.75) is 33.9 Å². The van der Waals surface area contributed by atoms with E-state index in [4.69, 9.17) is 0 Å². The normalized spacial score (nSPS) is 10.9. The first-order valence-electron chi connectivity index (χ1n) is 24.2. The van der Waals surface area contributed by atoms with Crippen LogP contribution in [0.4, 0.5) is 13.2 Å². The predicted octanol–water partition coefficient (Wildman–Crippen LogP) is 10.4. The summed E-state index contributed by atoms with van der Waals surface area (Å²) < 4.78 is 49.5. The first-order valence-corrected chi connectivity index (χ1v) is 24.2. The molecule has 0 bridgehead atoms. The Bertz CT molecular complexity index is 4130. The van der Waals surface area contributed by atoms with Gasteiger partial charge in [0.2, 0.25) is 11.6 Å². The highest BCUT2D eigenvalue weighted by Crippen LogP contribution is 2.30. The smallest absolute Gasteiger partial charge is 0.327 e. The molecular weight excluding hydrogens is 974 g/mol. The molecule has 77 heavy (non-hydrogen) atoms. The number of rotatable bonds is 3. The summed E-state index contributed by atoms with van der Waals surface area (Å²) >= 11 is 0. The number of alkyl halides is 3. The molecule has 0 spiro atoms. The van der Waals surface area contributed by atoms with Gasteiger partial charge in [-0.3, -0.25) is 4.40 Å². The van der Waals surface area contributed by atoms with Gasteiger partial charge in [-0.1, -0.05) is 103 Å². The van der Waals surface area contributed by atoms with Crippen LogP contribution < -0.4 is 0 Å². The van der Waals surface area contributed by atoms with E-state index in [0.717, 1.165) is 77.9 Å². The fourth-order valence-electron chi connectivity index (χ4n) is 8.37. The molecule has 0 amide bonds. The molecule has 0 N–H and O–H groups in total. The van der Waals surface area contributed by atoms with Crippen LogP contribution in [0, 0.1) is 63.2 Å². The van der Waals surface area contributed by atoms with Crippen molar-refractivity contribution in [3.05, 3.63) is 221 Å². The molecule has 0 aliphatic carbocycles. The molecule has 3 aromatic carbocycles. The Morgan fingerprint density at radius 1 is 0.442 bits per heavy atom. The standard InChI is InChI=1S/C20H13F3N4.2C20H17N5/c1-26-13-16(14-6-3-2-4-7-14)25-18(26)11-10-15-12-27-17(20(21,22)23)8-5-9-19(27)24-15;1-14-11-15(2)20-22-18(23-25(20)12-14)9-10-19-21-17(13-24(19)3)16-7-5-4-6-8-16;1-14-11-15(2)25-20(12-14)22-18(23-25)9-10-19-21-17(13-24(19)3)16-7-5-4-6-8-16/h2-9,12-13H,1H3;2*4-8,11-13H,1-3H3. The number of hydrogen-bond donors (Lipinski definition) is 0. The van der Waals surface area contributed by atoms with Crippen molar-refractivity contribution in [1.29, 1.82) is 0 Å². The van der Waals surface area contributed by atoms with E-state index in [1.165, 1.54) is 18.3 Å². The lowest BCUT2D eigenvalue weighted by molar-refractivity contribution is -0.142. The van der Waals surface area contributed by atoms with Crippen molar-refractivity contribution < 1.29 is 13.2 Å². The molecule has 0 aliphatic rings. The molecule has 0 unspecified atom stereocenters. The van der Waals surface area contributed by atoms with E-state index >= 15 is 0 Å². The Morgan fingerprint density at radius 3 is 1.47 bits per heavy atom. The van der Waals surface area contributed by atoms with Gasteiger partial charge in [0, 0.05) is 74.5 Å². The number of hydrogen-bond acceptors (Lipinski definition) is 8. The van der Waals surface area contributed by atoms with Gasteiger partial charge >= 0.3 is 6.18 Å². The number of halogens is 3. The van der Waals surface area contributed by atoms with E-state index < -0.39 is 11.9 Å². The Balaban J connectivity index is 0.000000131. The quantitative estimate of drug-likeness (QED) is 0.160. The lowest BCUT2D eigenvalue weighted by atomic mass is 10.2. The van der Waals surface area contributed by atoms with Gasteiger partial charge < -0.3 is 13.7 Å². The zero-order valence-electron chi connectivity index (χ0n) is 42.9. The molecule has 12 aromatic rings. The number of fused-ring (bicyclic) bond motifs is 3. The van der Waals surface area contributed by atoms with Gasteiger partial charge in [-0.2, -0.15) is 23.1 Å². The van der Waals surface area contributed by atoms with Gasteiger partial charge in [0.25, 0.3) is 0 Å². The van der Waals surface area contributed by atoms with Crippen LogP contribution in [-0.4, -0.2) is 67.2 Å². The lowest BCUT2D eigenvalue weighted by Crippen LogP contribution is -2.10. The predicted molar refractivity (Wildman–Crippen MR) is 289 cm³/mol. The molecule has 0 radical (unpaired) electrons. The summed E-state index contributed by atoms with van der Waals surface area (Å²) in [6, 6.07) is 39.8. The first-order chi connectivity index (χ1) is 37.1. The number of aryl methyl sites for hydroxylation is 7. The molecule has 378 valence electrons. The van der Waals surface area contributed by atoms with Gasteiger partial charge in [-0.25, -0.2) is 29.0 Å². The minimum atomic E-state index is -4.46. The Morgan fingerprint density at radius 2 is 0.948 bits per heavy atom. The average molecular weight is 1020 g/mol. The summed E-state index contributed by atoms with van der Waals surface area (Å²) in [6.45, 7) is 8.13. The molecule has 0 saturated heterocycles. The maximum absolute atomic E-state index is 13.1. The molecule has 14 nitrogen and oxygen atoms in total. The van der Waals surface area contributed by atoms with Gasteiger partial charge in [0.05, 0.1) is 17.1 Å². The second-order valence-corrected chi connectivity index (χ2v) is 18.1. The van der Waals surface area contributed by atoms with E-state index in [1.54, 1.807) is 9.08 Å². The molecule has 12 rings (SSSR count). The summed E-state index contributed by atoms with van der Waals surface area (Å²) in [5, 5.41) is 8.90. The highest BCUT2D eigenvalue weighted by Gasteiger charge is 2.33. The van der Waals surface area contributed by atoms with E-state index in [2.05, 4.69) is 87.8 Å². The molecule has 17 heteroatoms. The highest BCUT2D eigenvalue weighted by atomic mass is 19.4. The van der Waals surface area contributed by atoms with Crippen LogP contribution in [0.5, 0.6) is 0 Å². The first kappa shape index (κ1) is 50.2. The minimum absolute atomic E-state index is 0.193. The Hall–Kier alpha value is -10.3. The topological polar surface area (TPSA) is 131 Å². The second kappa shape index (κ2) is 21.3. The zero-order chi connectivity index (χ0) is 53.8. The van der Waals surface area contributed by atoms with Crippen molar-refractivity contribution in [3.8, 4) is 69.3 Å². The molecule has 9 heterocycles. The molecule has 0 saturated carbocycles. The van der Waals surface area contributed by atoms with Crippen molar-refractivity contribution in [1.82, 2.24) is 67.2 Å². The summed E-state index contributed by atoms with van der Waals surface area (Å²) in [6.07, 6.45) is 4.58. The average Bonchev–Trinajstić information content (AvgIpc) is 4.29. The maximum atomic E-state index is 13.1. The number of pyridine rings is 3. The summed E-state index contributed by atoms with van der Waals surface area (Å²) in [5.41, 5.74) is 11.4. The van der Waals surface area contributed by atoms with E-state index in [-0.39, 0.29) is 11.3 Å². The molecule has 0 fully saturated rings. The largest absolute Gasteiger partial charge is 0.431 e. The van der Waals surface area contributed by atoms with Crippen LogP contribution >= 0.6 is 0 Å². The lowest BCUT2D eigenvalue weighted by Gasteiger charge is -2.08. The zero-order valence-corrected chi connectivity index (χ0v) is 42.9. The van der Waals surface area contributed by atoms with Crippen molar-refractivity contribution in [2.75, 3.05) is 0 Å². The summed E-state index contributed by atoms with van der Waals surface area (Å²) in [5.74, 6) is 20.8. The van der Waals surface area contributed by atoms with Gasteiger partial charge in [-0.15, -0.1) is 10.2 Å². The molecule has 9 aromatic heterocycles. The second-order valence-electron chi connectivity index (χ2n) is 18.1. The third-order valence-electron chi connectivity index (χ3n) is 12.0. The number of aromatic nitrogens is 14. The third-order valence-corrected chi connectivity index (χ3v) is 12.0. The molecular formula is C60H47F3N14. The number of imidazole rings is 4. The highest BCUT2D eigenvalue weighted by molar-refractivity contribution is 5.62. The van der Waals surface area contributed by atoms with Crippen LogP contribution in [0.1, 0.15) is 62.9 Å². The van der Waals surface area contributed by atoms with Gasteiger partial charge in [0.15, 0.2) is 28.8 Å². The van der Waals surface area contributed by atoms with Crippen LogP contribution in [0.2, 0.25) is 0 Å². The minimum Gasteiger partial charge on any atom is -0.327 e. The van der Waals surface area contributed by atoms with E-state index in [0.29, 0.717) is 29.1 Å². The van der Waals surface area contributed by atoms with Crippen molar-refractivity contribution in [3.63, 3.8) is 0 Å². The molecule has 0 aliphatic heterocycles. The number of benzene rings is 3. The van der Waals surface area contributed by atoms with Crippen molar-refractivity contribution in [2.24, 2.45) is 21.1 Å². The Kier molecular flexibility index (Phi) is 13.9. The van der Waals surface area contributed by atoms with Gasteiger partial charge in [0.1, 0.15) is 17.0 Å². The van der Waals surface area contributed by atoms with Crippen molar-refractivity contribution >= 4 is 16.9 Å². The number of nitrogens with zero attached hydrogens (tertiary/aromatic N) is 14. The third kappa shape index (κ3) is 11.4. The van der Waals surface area contributed by atoms with E-state index in [9.17, 15) is 13.2 Å². The maximum Gasteiger partial charge on any atom is 0.431 e. The SMILES string of the molecule is Cc1cc(C)c2nc(C#Cc3nc(-c4ccccc4)cn3C)nn2c1.Cc1cc(C)n2nc(C#Cc3nc(-c4ccccc4)cn3C)nc2c1.Cn1cc(-c2ccccc2)nc1C#Cc1cn2c(C(F)(F)F)cccc2n1. The fraction of sp³-hybridized carbons (Fsp3) is 0.133. The van der Waals surface area contributed by atoms with Crippen LogP contribution in [0.3, 0.4) is 0 Å². The van der Waals surface area contributed by atoms with Gasteiger partial charge in [-0.05, 0) is 104 Å². The molecule has 0 atom stereocenters. The fourth-order valence-corrected chi connectivity index (χ4v) is 8.37. The van der Waals surface area contributed by atoms with E-state index in [1.807, 2.05) is 184 Å². The van der Waals surface area contributed by atoms with Crippen LogP contribution in [-0.2, 0) is 27.3 Å². The van der Waals surface area contributed by atoms with Crippen LogP contribution in [0.25, 0.3) is 50.7 Å². The summed E-state index contributed by atoms with van der Waals surface area (Å²) in [7, 11) is 5.69.